The van der Waals surface area contributed by atoms with Crippen molar-refractivity contribution in [2.45, 2.75) is 58.2 Å². The summed E-state index contributed by atoms with van der Waals surface area (Å²) in [5, 5.41) is 7.87. The highest BCUT2D eigenvalue weighted by molar-refractivity contribution is 6.00. The van der Waals surface area contributed by atoms with Gasteiger partial charge in [-0.1, -0.05) is 45.0 Å². The molecule has 1 aromatic heterocycles. The van der Waals surface area contributed by atoms with Crippen molar-refractivity contribution >= 4 is 11.8 Å². The van der Waals surface area contributed by atoms with Crippen molar-refractivity contribution in [2.24, 2.45) is 0 Å². The first kappa shape index (κ1) is 27.9. The first-order chi connectivity index (χ1) is 19.2. The minimum absolute atomic E-state index is 0.0213. The molecule has 212 valence electrons. The summed E-state index contributed by atoms with van der Waals surface area (Å²) in [6, 6.07) is 15.9. The van der Waals surface area contributed by atoms with Crippen molar-refractivity contribution < 1.29 is 14.3 Å². The van der Waals surface area contributed by atoms with E-state index in [9.17, 15) is 9.59 Å². The second-order valence-electron chi connectivity index (χ2n) is 11.9. The highest BCUT2D eigenvalue weighted by Gasteiger charge is 2.28. The molecule has 9 nitrogen and oxygen atoms in total. The molecule has 0 bridgehead atoms. The SMILES string of the molecule is CN1CCNC(CCOc2ccc(CC(=O)N3Cc4cnn(NC(=O)c5ccc(C(C)(C)C)cc5)c4C3)cc2)C1. The highest BCUT2D eigenvalue weighted by atomic mass is 16.5. The zero-order valence-electron chi connectivity index (χ0n) is 23.9. The number of piperazine rings is 1. The van der Waals surface area contributed by atoms with E-state index in [-0.39, 0.29) is 17.2 Å². The van der Waals surface area contributed by atoms with Gasteiger partial charge in [0.05, 0.1) is 31.5 Å². The van der Waals surface area contributed by atoms with Crippen molar-refractivity contribution in [2.75, 3.05) is 38.7 Å². The molecule has 0 saturated carbocycles. The first-order valence-electron chi connectivity index (χ1n) is 14.0. The van der Waals surface area contributed by atoms with Crippen LogP contribution in [0.3, 0.4) is 0 Å². The Morgan fingerprint density at radius 2 is 1.82 bits per heavy atom. The summed E-state index contributed by atoms with van der Waals surface area (Å²) in [6.07, 6.45) is 2.99. The van der Waals surface area contributed by atoms with E-state index in [2.05, 4.69) is 48.6 Å². The van der Waals surface area contributed by atoms with Crippen molar-refractivity contribution in [3.8, 4) is 5.75 Å². The number of hydrogen-bond acceptors (Lipinski definition) is 6. The molecule has 0 radical (unpaired) electrons. The van der Waals surface area contributed by atoms with Gasteiger partial charge in [-0.25, -0.2) is 5.43 Å². The minimum Gasteiger partial charge on any atom is -0.494 e. The smallest absolute Gasteiger partial charge is 0.271 e. The molecule has 3 aromatic rings. The van der Waals surface area contributed by atoms with Gasteiger partial charge in [-0.2, -0.15) is 9.89 Å². The molecule has 0 spiro atoms. The lowest BCUT2D eigenvalue weighted by atomic mass is 9.87. The number of hydrogen-bond donors (Lipinski definition) is 2. The Balaban J connectivity index is 1.10. The van der Waals surface area contributed by atoms with Crippen LogP contribution in [0.15, 0.2) is 54.7 Å². The number of aromatic nitrogens is 2. The molecule has 1 atom stereocenters. The summed E-state index contributed by atoms with van der Waals surface area (Å²) < 4.78 is 5.93. The lowest BCUT2D eigenvalue weighted by molar-refractivity contribution is -0.131. The molecule has 9 heteroatoms. The maximum atomic E-state index is 13.1. The summed E-state index contributed by atoms with van der Waals surface area (Å²) in [5.41, 5.74) is 7.33. The molecule has 3 heterocycles. The second kappa shape index (κ2) is 11.8. The Morgan fingerprint density at radius 3 is 2.52 bits per heavy atom. The Morgan fingerprint density at radius 1 is 1.07 bits per heavy atom. The zero-order chi connectivity index (χ0) is 28.3. The van der Waals surface area contributed by atoms with Crippen molar-refractivity contribution in [3.63, 3.8) is 0 Å². The summed E-state index contributed by atoms with van der Waals surface area (Å²) in [6.45, 7) is 11.1. The van der Waals surface area contributed by atoms with Crippen molar-refractivity contribution in [1.29, 1.82) is 0 Å². The van der Waals surface area contributed by atoms with Crippen LogP contribution in [0.5, 0.6) is 5.75 Å². The third-order valence-corrected chi connectivity index (χ3v) is 7.70. The Hall–Kier alpha value is -3.69. The molecule has 5 rings (SSSR count). The van der Waals surface area contributed by atoms with E-state index in [1.807, 2.05) is 48.5 Å². The topological polar surface area (TPSA) is 91.7 Å². The van der Waals surface area contributed by atoms with Crippen LogP contribution in [0, 0.1) is 0 Å². The molecule has 2 aliphatic heterocycles. The molecule has 40 heavy (non-hydrogen) atoms. The monoisotopic (exact) mass is 544 g/mol. The van der Waals surface area contributed by atoms with Crippen LogP contribution in [0.2, 0.25) is 0 Å². The molecular formula is C31H40N6O3. The fourth-order valence-electron chi connectivity index (χ4n) is 5.20. The number of carbonyl (C=O) groups is 2. The van der Waals surface area contributed by atoms with Crippen LogP contribution in [-0.2, 0) is 29.7 Å². The van der Waals surface area contributed by atoms with Gasteiger partial charge in [-0.3, -0.25) is 9.59 Å². The number of fused-ring (bicyclic) bond motifs is 1. The van der Waals surface area contributed by atoms with Crippen LogP contribution in [0.25, 0.3) is 0 Å². The molecule has 2 amide bonds. The highest BCUT2D eigenvalue weighted by Crippen LogP contribution is 2.24. The number of nitrogens with zero attached hydrogens (tertiary/aromatic N) is 4. The molecule has 2 aliphatic rings. The molecular weight excluding hydrogens is 504 g/mol. The minimum atomic E-state index is -0.235. The number of amides is 2. The van der Waals surface area contributed by atoms with E-state index in [0.29, 0.717) is 37.7 Å². The van der Waals surface area contributed by atoms with E-state index in [1.54, 1.807) is 11.1 Å². The van der Waals surface area contributed by atoms with Gasteiger partial charge in [0, 0.05) is 43.3 Å². The van der Waals surface area contributed by atoms with Crippen LogP contribution in [0.1, 0.15) is 59.9 Å². The summed E-state index contributed by atoms with van der Waals surface area (Å²) in [7, 11) is 2.15. The molecule has 1 unspecified atom stereocenters. The summed E-state index contributed by atoms with van der Waals surface area (Å²) >= 11 is 0. The predicted octanol–water partition coefficient (Wildman–Crippen LogP) is 3.32. The van der Waals surface area contributed by atoms with Crippen molar-refractivity contribution in [1.82, 2.24) is 25.0 Å². The van der Waals surface area contributed by atoms with Crippen LogP contribution >= 0.6 is 0 Å². The number of likely N-dealkylation sites (N-methyl/N-ethyl adjacent to an activating group) is 1. The maximum absolute atomic E-state index is 13.1. The summed E-state index contributed by atoms with van der Waals surface area (Å²) in [5.74, 6) is 0.617. The second-order valence-corrected chi connectivity index (χ2v) is 11.9. The number of rotatable bonds is 8. The van der Waals surface area contributed by atoms with E-state index >= 15 is 0 Å². The number of ether oxygens (including phenoxy) is 1. The van der Waals surface area contributed by atoms with Crippen LogP contribution in [0.4, 0.5) is 0 Å². The predicted molar refractivity (Wildman–Crippen MR) is 155 cm³/mol. The Labute approximate surface area is 236 Å². The molecule has 0 aliphatic carbocycles. The van der Waals surface area contributed by atoms with Gasteiger partial charge in [-0.15, -0.1) is 0 Å². The fourth-order valence-corrected chi connectivity index (χ4v) is 5.20. The van der Waals surface area contributed by atoms with E-state index in [0.717, 1.165) is 48.6 Å². The van der Waals surface area contributed by atoms with Gasteiger partial charge >= 0.3 is 0 Å². The van der Waals surface area contributed by atoms with E-state index < -0.39 is 0 Å². The van der Waals surface area contributed by atoms with Gasteiger partial charge in [0.15, 0.2) is 0 Å². The summed E-state index contributed by atoms with van der Waals surface area (Å²) in [4.78, 5) is 31.6. The maximum Gasteiger partial charge on any atom is 0.271 e. The normalized spacial score (nSPS) is 17.5. The average Bonchev–Trinajstić information content (AvgIpc) is 3.51. The quantitative estimate of drug-likeness (QED) is 0.452. The lowest BCUT2D eigenvalue weighted by Gasteiger charge is -2.30. The average molecular weight is 545 g/mol. The van der Waals surface area contributed by atoms with Gasteiger partial charge in [0.25, 0.3) is 5.91 Å². The first-order valence-corrected chi connectivity index (χ1v) is 14.0. The molecule has 2 N–H and O–H groups in total. The number of nitrogens with one attached hydrogen (secondary N) is 2. The van der Waals surface area contributed by atoms with Crippen molar-refractivity contribution in [3.05, 3.63) is 82.7 Å². The number of benzene rings is 2. The third kappa shape index (κ3) is 6.71. The van der Waals surface area contributed by atoms with Gasteiger partial charge in [-0.05, 0) is 54.3 Å². The number of carbonyl (C=O) groups excluding carboxylic acids is 2. The van der Waals surface area contributed by atoms with E-state index in [1.165, 1.54) is 10.4 Å². The van der Waals surface area contributed by atoms with Gasteiger partial charge in [0.1, 0.15) is 5.75 Å². The third-order valence-electron chi connectivity index (χ3n) is 7.70. The Kier molecular flexibility index (Phi) is 8.23. The lowest BCUT2D eigenvalue weighted by Crippen LogP contribution is -2.49. The van der Waals surface area contributed by atoms with Crippen LogP contribution < -0.4 is 15.5 Å². The Bertz CT molecular complexity index is 1330. The molecule has 2 aromatic carbocycles. The molecule has 1 saturated heterocycles. The molecule has 1 fully saturated rings. The van der Waals surface area contributed by atoms with E-state index in [4.69, 9.17) is 4.74 Å². The largest absolute Gasteiger partial charge is 0.494 e. The van der Waals surface area contributed by atoms with Crippen LogP contribution in [-0.4, -0.2) is 70.8 Å². The van der Waals surface area contributed by atoms with Gasteiger partial charge < -0.3 is 19.9 Å². The standard InChI is InChI=1S/C31H40N6O3/c1-31(2,3)25-9-7-23(8-10-25)30(39)34-37-28-21-36(19-24(28)18-33-37)29(38)17-22-5-11-27(12-6-22)40-16-13-26-20-35(4)15-14-32-26/h5-12,18,26,32H,13-17,19-21H2,1-4H3,(H,34,39). The fraction of sp³-hybridized carbons (Fsp3) is 0.452. The van der Waals surface area contributed by atoms with Gasteiger partial charge in [0.2, 0.25) is 5.91 Å². The zero-order valence-corrected chi connectivity index (χ0v) is 23.9.